The van der Waals surface area contributed by atoms with E-state index < -0.39 is 9.84 Å². The Labute approximate surface area is 180 Å². The summed E-state index contributed by atoms with van der Waals surface area (Å²) in [5.41, 5.74) is 3.35. The molecule has 0 spiro atoms. The molecule has 0 aliphatic heterocycles. The van der Waals surface area contributed by atoms with Gasteiger partial charge in [-0.15, -0.1) is 0 Å². The minimum Gasteiger partial charge on any atom is -0.322 e. The summed E-state index contributed by atoms with van der Waals surface area (Å²) in [5, 5.41) is 10.0. The summed E-state index contributed by atoms with van der Waals surface area (Å²) in [6.45, 7) is 0. The normalized spacial score (nSPS) is 11.3. The molecule has 0 aliphatic carbocycles. The first kappa shape index (κ1) is 20.5. The van der Waals surface area contributed by atoms with Crippen LogP contribution in [0.4, 0.5) is 5.69 Å². The molecule has 0 atom stereocenters. The van der Waals surface area contributed by atoms with Crippen LogP contribution in [0.3, 0.4) is 0 Å². The second-order valence-corrected chi connectivity index (χ2v) is 9.32. The summed E-state index contributed by atoms with van der Waals surface area (Å²) in [4.78, 5) is 17.1. The maximum Gasteiger partial charge on any atom is 0.255 e. The van der Waals surface area contributed by atoms with Crippen LogP contribution in [0.5, 0.6) is 0 Å². The molecule has 2 N–H and O–H groups in total. The number of nitrogens with zero attached hydrogens (tertiary/aromatic N) is 2. The molecule has 0 fully saturated rings. The summed E-state index contributed by atoms with van der Waals surface area (Å²) in [6.07, 6.45) is 1.17. The molecule has 3 aromatic carbocycles. The van der Waals surface area contributed by atoms with Crippen molar-refractivity contribution in [1.82, 2.24) is 15.2 Å². The zero-order chi connectivity index (χ0) is 21.8. The Morgan fingerprint density at radius 3 is 2.39 bits per heavy atom. The van der Waals surface area contributed by atoms with Crippen LogP contribution in [0.1, 0.15) is 15.9 Å². The molecule has 0 radical (unpaired) electrons. The molecule has 0 aliphatic rings. The molecule has 1 heterocycles. The van der Waals surface area contributed by atoms with Gasteiger partial charge in [-0.1, -0.05) is 42.5 Å². The topological polar surface area (TPSA) is 105 Å². The van der Waals surface area contributed by atoms with E-state index in [0.717, 1.165) is 11.1 Å². The lowest BCUT2D eigenvalue weighted by Gasteiger charge is -2.07. The Kier molecular flexibility index (Phi) is 5.64. The largest absolute Gasteiger partial charge is 0.322 e. The molecule has 156 valence electrons. The first-order valence-electron chi connectivity index (χ1n) is 9.54. The van der Waals surface area contributed by atoms with Gasteiger partial charge >= 0.3 is 0 Å². The van der Waals surface area contributed by atoms with Crippen molar-refractivity contribution in [1.29, 1.82) is 0 Å². The fourth-order valence-corrected chi connectivity index (χ4v) is 3.91. The summed E-state index contributed by atoms with van der Waals surface area (Å²) in [7, 11) is -3.17. The van der Waals surface area contributed by atoms with Gasteiger partial charge in [0.05, 0.1) is 5.75 Å². The predicted molar refractivity (Wildman–Crippen MR) is 120 cm³/mol. The number of carbonyl (C=O) groups excluding carboxylic acids is 1. The lowest BCUT2D eigenvalue weighted by Crippen LogP contribution is -2.12. The van der Waals surface area contributed by atoms with Crippen molar-refractivity contribution in [3.8, 4) is 22.8 Å². The van der Waals surface area contributed by atoms with Crippen LogP contribution >= 0.6 is 0 Å². The lowest BCUT2D eigenvalue weighted by atomic mass is 10.1. The highest BCUT2D eigenvalue weighted by Crippen LogP contribution is 2.22. The molecule has 8 heteroatoms. The molecule has 0 bridgehead atoms. The van der Waals surface area contributed by atoms with Crippen molar-refractivity contribution in [2.24, 2.45) is 0 Å². The molecule has 0 saturated heterocycles. The number of aromatic amines is 1. The van der Waals surface area contributed by atoms with Crippen LogP contribution in [0, 0.1) is 0 Å². The monoisotopic (exact) mass is 432 g/mol. The number of hydrogen-bond acceptors (Lipinski definition) is 5. The average molecular weight is 433 g/mol. The molecule has 4 aromatic rings. The van der Waals surface area contributed by atoms with E-state index in [2.05, 4.69) is 20.5 Å². The second kappa shape index (κ2) is 8.53. The lowest BCUT2D eigenvalue weighted by molar-refractivity contribution is 0.102. The van der Waals surface area contributed by atoms with Crippen molar-refractivity contribution in [3.05, 3.63) is 90.0 Å². The van der Waals surface area contributed by atoms with E-state index in [-0.39, 0.29) is 11.7 Å². The van der Waals surface area contributed by atoms with Gasteiger partial charge in [0.25, 0.3) is 5.91 Å². The first-order chi connectivity index (χ1) is 14.9. The van der Waals surface area contributed by atoms with Gasteiger partial charge < -0.3 is 5.32 Å². The summed E-state index contributed by atoms with van der Waals surface area (Å²) in [5.74, 6) is 0.826. The van der Waals surface area contributed by atoms with Gasteiger partial charge in [-0.2, -0.15) is 5.10 Å². The zero-order valence-electron chi connectivity index (χ0n) is 16.7. The fraction of sp³-hybridized carbons (Fsp3) is 0.0870. The fourth-order valence-electron chi connectivity index (χ4n) is 3.13. The maximum absolute atomic E-state index is 12.6. The highest BCUT2D eigenvalue weighted by atomic mass is 32.2. The van der Waals surface area contributed by atoms with Crippen LogP contribution in [0.25, 0.3) is 22.8 Å². The number of benzene rings is 3. The Hall–Kier alpha value is -3.78. The number of aromatic nitrogens is 3. The number of rotatable bonds is 6. The maximum atomic E-state index is 12.6. The summed E-state index contributed by atoms with van der Waals surface area (Å²) < 4.78 is 23.0. The van der Waals surface area contributed by atoms with E-state index in [1.807, 2.05) is 42.5 Å². The first-order valence-corrected chi connectivity index (χ1v) is 11.6. The molecule has 1 amide bonds. The number of H-pyrrole nitrogens is 1. The molecular weight excluding hydrogens is 412 g/mol. The highest BCUT2D eigenvalue weighted by molar-refractivity contribution is 7.89. The highest BCUT2D eigenvalue weighted by Gasteiger charge is 2.11. The van der Waals surface area contributed by atoms with Crippen LogP contribution < -0.4 is 5.32 Å². The van der Waals surface area contributed by atoms with E-state index >= 15 is 0 Å². The van der Waals surface area contributed by atoms with Gasteiger partial charge in [-0.3, -0.25) is 9.89 Å². The molecule has 0 saturated carbocycles. The molecular formula is C23H20N4O3S. The third-order valence-corrected chi connectivity index (χ3v) is 5.41. The van der Waals surface area contributed by atoms with Gasteiger partial charge in [0.1, 0.15) is 0 Å². The minimum atomic E-state index is -3.17. The summed E-state index contributed by atoms with van der Waals surface area (Å²) in [6, 6.07) is 23.5. The number of carbonyl (C=O) groups is 1. The van der Waals surface area contributed by atoms with Crippen LogP contribution in [0.15, 0.2) is 78.9 Å². The third kappa shape index (κ3) is 5.23. The van der Waals surface area contributed by atoms with E-state index in [1.54, 1.807) is 36.4 Å². The standard InChI is InChI=1S/C23H20N4O3S/c1-31(29,30)15-16-6-5-9-19(14-16)23(28)24-20-12-10-18(11-13-20)22-25-21(26-27-22)17-7-3-2-4-8-17/h2-14H,15H2,1H3,(H,24,28)(H,25,26,27). The number of sulfone groups is 1. The average Bonchev–Trinajstić information content (AvgIpc) is 3.24. The van der Waals surface area contributed by atoms with Crippen molar-refractivity contribution in [2.75, 3.05) is 11.6 Å². The Morgan fingerprint density at radius 1 is 0.935 bits per heavy atom. The van der Waals surface area contributed by atoms with Crippen LogP contribution in [0.2, 0.25) is 0 Å². The zero-order valence-corrected chi connectivity index (χ0v) is 17.6. The second-order valence-electron chi connectivity index (χ2n) is 7.18. The number of hydrogen-bond donors (Lipinski definition) is 2. The van der Waals surface area contributed by atoms with Crippen molar-refractivity contribution >= 4 is 21.4 Å². The van der Waals surface area contributed by atoms with Crippen molar-refractivity contribution in [3.63, 3.8) is 0 Å². The van der Waals surface area contributed by atoms with Gasteiger partial charge in [-0.25, -0.2) is 13.4 Å². The SMILES string of the molecule is CS(=O)(=O)Cc1cccc(C(=O)Nc2ccc(-c3nc(-c4ccccc4)n[nH]3)cc2)c1. The molecule has 31 heavy (non-hydrogen) atoms. The smallest absolute Gasteiger partial charge is 0.255 e. The van der Waals surface area contributed by atoms with E-state index in [4.69, 9.17) is 0 Å². The van der Waals surface area contributed by atoms with Crippen molar-refractivity contribution in [2.45, 2.75) is 5.75 Å². The Balaban J connectivity index is 1.46. The predicted octanol–water partition coefficient (Wildman–Crippen LogP) is 3.94. The van der Waals surface area contributed by atoms with Gasteiger partial charge in [-0.05, 0) is 42.0 Å². The molecule has 4 rings (SSSR count). The van der Waals surface area contributed by atoms with E-state index in [9.17, 15) is 13.2 Å². The molecule has 1 aromatic heterocycles. The molecule has 7 nitrogen and oxygen atoms in total. The van der Waals surface area contributed by atoms with E-state index in [1.165, 1.54) is 6.26 Å². The van der Waals surface area contributed by atoms with E-state index in [0.29, 0.717) is 28.5 Å². The molecule has 0 unspecified atom stereocenters. The van der Waals surface area contributed by atoms with Crippen LogP contribution in [-0.4, -0.2) is 35.8 Å². The quantitative estimate of drug-likeness (QED) is 0.480. The van der Waals surface area contributed by atoms with Crippen LogP contribution in [-0.2, 0) is 15.6 Å². The minimum absolute atomic E-state index is 0.106. The Bertz CT molecular complexity index is 1310. The number of anilines is 1. The number of nitrogens with one attached hydrogen (secondary N) is 2. The third-order valence-electron chi connectivity index (χ3n) is 4.55. The van der Waals surface area contributed by atoms with Gasteiger partial charge in [0.15, 0.2) is 21.5 Å². The summed E-state index contributed by atoms with van der Waals surface area (Å²) >= 11 is 0. The van der Waals surface area contributed by atoms with Crippen molar-refractivity contribution < 1.29 is 13.2 Å². The van der Waals surface area contributed by atoms with Gasteiger partial charge in [0, 0.05) is 28.6 Å². The number of amides is 1. The van der Waals surface area contributed by atoms with Gasteiger partial charge in [0.2, 0.25) is 0 Å². The Morgan fingerprint density at radius 2 is 1.68 bits per heavy atom.